The van der Waals surface area contributed by atoms with Gasteiger partial charge in [0, 0.05) is 18.7 Å². The van der Waals surface area contributed by atoms with E-state index in [0.717, 1.165) is 28.3 Å². The zero-order valence-electron chi connectivity index (χ0n) is 18.2. The third-order valence-electron chi connectivity index (χ3n) is 5.59. The van der Waals surface area contributed by atoms with E-state index in [-0.39, 0.29) is 11.4 Å². The Morgan fingerprint density at radius 1 is 1.00 bits per heavy atom. The van der Waals surface area contributed by atoms with Gasteiger partial charge >= 0.3 is 5.70 Å². The first kappa shape index (κ1) is 22.2. The van der Waals surface area contributed by atoms with Gasteiger partial charge < -0.3 is 20.5 Å². The quantitative estimate of drug-likeness (QED) is 0.441. The van der Waals surface area contributed by atoms with Gasteiger partial charge in [-0.15, -0.1) is 0 Å². The molecule has 31 heavy (non-hydrogen) atoms. The molecule has 0 radical (unpaired) electrons. The Morgan fingerprint density at radius 2 is 1.52 bits per heavy atom. The monoisotopic (exact) mass is 424 g/mol. The molecule has 0 saturated carbocycles. The van der Waals surface area contributed by atoms with Crippen molar-refractivity contribution in [3.63, 3.8) is 0 Å². The second-order valence-electron chi connectivity index (χ2n) is 7.53. The first-order valence-electron chi connectivity index (χ1n) is 9.91. The lowest BCUT2D eigenvalue weighted by molar-refractivity contribution is -0.439. The van der Waals surface area contributed by atoms with Crippen LogP contribution in [0, 0.1) is 10.1 Å². The predicted molar refractivity (Wildman–Crippen MR) is 119 cm³/mol. The van der Waals surface area contributed by atoms with Crippen molar-refractivity contribution in [1.82, 2.24) is 10.6 Å². The van der Waals surface area contributed by atoms with Gasteiger partial charge in [-0.25, -0.2) is 0 Å². The second-order valence-corrected chi connectivity index (χ2v) is 7.53. The van der Waals surface area contributed by atoms with Crippen LogP contribution >= 0.6 is 0 Å². The maximum atomic E-state index is 12.1. The summed E-state index contributed by atoms with van der Waals surface area (Å²) < 4.78 is 10.4. The smallest absolute Gasteiger partial charge is 0.309 e. The van der Waals surface area contributed by atoms with Gasteiger partial charge in [0.05, 0.1) is 19.1 Å². The number of hydrogen-bond acceptors (Lipinski definition) is 7. The van der Waals surface area contributed by atoms with Gasteiger partial charge in [0.15, 0.2) is 5.66 Å². The zero-order chi connectivity index (χ0) is 22.6. The summed E-state index contributed by atoms with van der Waals surface area (Å²) in [5.74, 6) is 1.47. The van der Waals surface area contributed by atoms with Crippen LogP contribution in [0.5, 0.6) is 11.5 Å². The Labute approximate surface area is 181 Å². The fourth-order valence-corrected chi connectivity index (χ4v) is 3.70. The maximum Gasteiger partial charge on any atom is 0.309 e. The lowest BCUT2D eigenvalue weighted by Crippen LogP contribution is -2.62. The maximum absolute atomic E-state index is 12.1. The number of nitrogens with two attached hydrogens (primary N) is 1. The number of nitrogens with one attached hydrogen (secondary N) is 2. The molecule has 0 fully saturated rings. The number of methoxy groups -OCH3 is 2. The molecule has 1 aliphatic heterocycles. The van der Waals surface area contributed by atoms with Crippen LogP contribution < -0.4 is 25.8 Å². The first-order chi connectivity index (χ1) is 14.8. The van der Waals surface area contributed by atoms with Crippen molar-refractivity contribution in [3.05, 3.63) is 92.4 Å². The molecule has 8 heteroatoms. The molecule has 3 rings (SSSR count). The number of hydrogen-bond donors (Lipinski definition) is 3. The van der Waals surface area contributed by atoms with Crippen molar-refractivity contribution in [3.8, 4) is 11.5 Å². The number of allylic oxidation sites excluding steroid dienone is 2. The summed E-state index contributed by atoms with van der Waals surface area (Å²) in [5.41, 5.74) is 8.48. The van der Waals surface area contributed by atoms with E-state index in [4.69, 9.17) is 15.2 Å². The van der Waals surface area contributed by atoms with Gasteiger partial charge in [0.1, 0.15) is 17.2 Å². The molecule has 1 heterocycles. The third kappa shape index (κ3) is 4.64. The lowest BCUT2D eigenvalue weighted by atomic mass is 9.89. The fourth-order valence-electron chi connectivity index (χ4n) is 3.70. The van der Waals surface area contributed by atoms with Crippen molar-refractivity contribution in [1.29, 1.82) is 0 Å². The van der Waals surface area contributed by atoms with Crippen LogP contribution in [0.2, 0.25) is 0 Å². The molecule has 0 aliphatic carbocycles. The summed E-state index contributed by atoms with van der Waals surface area (Å²) in [5, 5.41) is 18.9. The normalized spacial score (nSPS) is 18.6. The molecule has 1 unspecified atom stereocenters. The van der Waals surface area contributed by atoms with E-state index >= 15 is 0 Å². The van der Waals surface area contributed by atoms with Crippen LogP contribution in [-0.2, 0) is 13.0 Å². The number of rotatable bonds is 8. The van der Waals surface area contributed by atoms with Crippen LogP contribution in [0.1, 0.15) is 25.0 Å². The Balaban J connectivity index is 2.00. The molecule has 1 aliphatic rings. The topological polar surface area (TPSA) is 112 Å². The van der Waals surface area contributed by atoms with E-state index in [9.17, 15) is 10.1 Å². The van der Waals surface area contributed by atoms with E-state index in [0.29, 0.717) is 18.5 Å². The minimum absolute atomic E-state index is 0.0834. The van der Waals surface area contributed by atoms with Gasteiger partial charge in [0.2, 0.25) is 0 Å². The van der Waals surface area contributed by atoms with E-state index in [2.05, 4.69) is 10.6 Å². The van der Waals surface area contributed by atoms with Crippen molar-refractivity contribution >= 4 is 0 Å². The van der Waals surface area contributed by atoms with Crippen LogP contribution in [0.3, 0.4) is 0 Å². The summed E-state index contributed by atoms with van der Waals surface area (Å²) in [6.07, 6.45) is 0.314. The molecule has 2 aromatic rings. The van der Waals surface area contributed by atoms with Crippen molar-refractivity contribution in [2.24, 2.45) is 5.73 Å². The average Bonchev–Trinajstić information content (AvgIpc) is 2.77. The van der Waals surface area contributed by atoms with Gasteiger partial charge in [-0.05, 0) is 54.8 Å². The molecule has 0 amide bonds. The number of ether oxygens (including phenoxy) is 2. The van der Waals surface area contributed by atoms with Gasteiger partial charge in [-0.1, -0.05) is 24.3 Å². The SMILES string of the molecule is COc1ccc(CNC2(Cc3ccc(OC)cc3)NC(C)=C(C)C(N)=C2[N+](=O)[O-])cc1. The summed E-state index contributed by atoms with van der Waals surface area (Å²) in [6, 6.07) is 15.0. The van der Waals surface area contributed by atoms with Crippen molar-refractivity contribution < 1.29 is 14.4 Å². The fraction of sp³-hybridized carbons (Fsp3) is 0.304. The minimum atomic E-state index is -1.19. The number of nitrogens with zero attached hydrogens (tertiary/aromatic N) is 1. The van der Waals surface area contributed by atoms with Crippen LogP contribution in [0.4, 0.5) is 0 Å². The van der Waals surface area contributed by atoms with E-state index in [1.165, 1.54) is 0 Å². The largest absolute Gasteiger partial charge is 0.497 e. The van der Waals surface area contributed by atoms with E-state index < -0.39 is 10.6 Å². The Bertz CT molecular complexity index is 1010. The Morgan fingerprint density at radius 3 is 2.00 bits per heavy atom. The second kappa shape index (κ2) is 9.09. The molecule has 0 bridgehead atoms. The van der Waals surface area contributed by atoms with Gasteiger partial charge in [-0.2, -0.15) is 0 Å². The highest BCUT2D eigenvalue weighted by molar-refractivity contribution is 5.43. The third-order valence-corrected chi connectivity index (χ3v) is 5.59. The van der Waals surface area contributed by atoms with E-state index in [1.54, 1.807) is 21.1 Å². The zero-order valence-corrected chi connectivity index (χ0v) is 18.2. The molecular weight excluding hydrogens is 396 g/mol. The highest BCUT2D eigenvalue weighted by atomic mass is 16.6. The van der Waals surface area contributed by atoms with Gasteiger partial charge in [0.25, 0.3) is 0 Å². The molecule has 0 saturated heterocycles. The Kier molecular flexibility index (Phi) is 6.50. The molecule has 8 nitrogen and oxygen atoms in total. The molecule has 0 aromatic heterocycles. The highest BCUT2D eigenvalue weighted by Gasteiger charge is 2.47. The first-order valence-corrected chi connectivity index (χ1v) is 9.91. The van der Waals surface area contributed by atoms with Crippen LogP contribution in [0.15, 0.2) is 71.2 Å². The summed E-state index contributed by atoms with van der Waals surface area (Å²) >= 11 is 0. The summed E-state index contributed by atoms with van der Waals surface area (Å²) in [7, 11) is 3.21. The average molecular weight is 425 g/mol. The molecule has 2 aromatic carbocycles. The van der Waals surface area contributed by atoms with E-state index in [1.807, 2.05) is 55.5 Å². The van der Waals surface area contributed by atoms with Gasteiger partial charge in [-0.3, -0.25) is 15.4 Å². The molecule has 4 N–H and O–H groups in total. The predicted octanol–water partition coefficient (Wildman–Crippen LogP) is 3.08. The van der Waals surface area contributed by atoms with Crippen molar-refractivity contribution in [2.45, 2.75) is 32.5 Å². The molecule has 0 spiro atoms. The molecule has 1 atom stereocenters. The molecule has 164 valence electrons. The Hall–Kier alpha value is -3.52. The minimum Gasteiger partial charge on any atom is -0.497 e. The summed E-state index contributed by atoms with van der Waals surface area (Å²) in [4.78, 5) is 11.7. The summed E-state index contributed by atoms with van der Waals surface area (Å²) in [6.45, 7) is 4.04. The number of dihydropyridines is 1. The van der Waals surface area contributed by atoms with Crippen LogP contribution in [0.25, 0.3) is 0 Å². The number of benzene rings is 2. The standard InChI is InChI=1S/C23H28N4O4/c1-15-16(2)26-23(22(21(15)24)27(28)29,13-17-5-9-19(30-3)10-6-17)25-14-18-7-11-20(31-4)12-8-18/h5-12,25-26H,13-14,24H2,1-4H3. The van der Waals surface area contributed by atoms with Crippen molar-refractivity contribution in [2.75, 3.05) is 14.2 Å². The molecular formula is C23H28N4O4. The lowest BCUT2D eigenvalue weighted by Gasteiger charge is -2.38. The van der Waals surface area contributed by atoms with Crippen LogP contribution in [-0.4, -0.2) is 24.8 Å². The number of nitro groups is 1. The highest BCUT2D eigenvalue weighted by Crippen LogP contribution is 2.32.